The molecule has 0 rings (SSSR count). The Morgan fingerprint density at radius 3 is 1.23 bits per heavy atom. The average Bonchev–Trinajstić information content (AvgIpc) is 2.05. The van der Waals surface area contributed by atoms with Crippen LogP contribution >= 0.6 is 0 Å². The first-order valence-electron chi connectivity index (χ1n) is 3.45. The van der Waals surface area contributed by atoms with E-state index in [1.165, 1.54) is 0 Å². The summed E-state index contributed by atoms with van der Waals surface area (Å²) < 4.78 is 0. The normalized spacial score (nSPS) is 9.85. The van der Waals surface area contributed by atoms with Gasteiger partial charge in [-0.1, -0.05) is 13.8 Å². The molecule has 0 aliphatic heterocycles. The number of carboxylic acids is 2. The van der Waals surface area contributed by atoms with Crippen LogP contribution in [0.5, 0.6) is 0 Å². The summed E-state index contributed by atoms with van der Waals surface area (Å²) in [4.78, 5) is 18.2. The molecule has 6 heteroatoms. The summed E-state index contributed by atoms with van der Waals surface area (Å²) >= 11 is 0. The Bertz CT molecular complexity index is 156. The zero-order valence-corrected chi connectivity index (χ0v) is 7.52. The van der Waals surface area contributed by atoms with E-state index in [2.05, 4.69) is 0 Å². The highest BCUT2D eigenvalue weighted by Crippen LogP contribution is 2.10. The zero-order valence-electron chi connectivity index (χ0n) is 7.52. The van der Waals surface area contributed by atoms with Gasteiger partial charge in [-0.25, -0.2) is 9.59 Å². The van der Waals surface area contributed by atoms with Gasteiger partial charge in [-0.2, -0.15) is 0 Å². The van der Waals surface area contributed by atoms with Gasteiger partial charge in [0, 0.05) is 5.41 Å². The molecule has 0 spiro atoms. The van der Waals surface area contributed by atoms with E-state index >= 15 is 0 Å². The minimum absolute atomic E-state index is 0.0451. The summed E-state index contributed by atoms with van der Waals surface area (Å²) in [7, 11) is 0. The van der Waals surface area contributed by atoms with Gasteiger partial charge in [0.1, 0.15) is 0 Å². The average molecular weight is 194 g/mol. The number of rotatable bonds is 2. The Morgan fingerprint density at radius 1 is 1.00 bits per heavy atom. The van der Waals surface area contributed by atoms with Crippen molar-refractivity contribution in [3.8, 4) is 0 Å². The first-order chi connectivity index (χ1) is 5.76. The van der Waals surface area contributed by atoms with Crippen molar-refractivity contribution in [3.05, 3.63) is 0 Å². The smallest absolute Gasteiger partial charge is 0.414 e. The molecule has 0 aromatic rings. The number of aliphatic hydroxyl groups is 2. The van der Waals surface area contributed by atoms with Crippen LogP contribution in [0.4, 0.5) is 0 Å². The quantitative estimate of drug-likeness (QED) is 0.426. The molecule has 0 saturated carbocycles. The largest absolute Gasteiger partial charge is 0.473 e. The molecule has 0 radical (unpaired) electrons. The van der Waals surface area contributed by atoms with Crippen molar-refractivity contribution in [3.63, 3.8) is 0 Å². The van der Waals surface area contributed by atoms with Crippen molar-refractivity contribution in [2.45, 2.75) is 13.8 Å². The lowest BCUT2D eigenvalue weighted by atomic mass is 9.97. The van der Waals surface area contributed by atoms with Crippen molar-refractivity contribution in [2.75, 3.05) is 13.2 Å². The van der Waals surface area contributed by atoms with E-state index in [9.17, 15) is 0 Å². The summed E-state index contributed by atoms with van der Waals surface area (Å²) in [5.41, 5.74) is -0.306. The van der Waals surface area contributed by atoms with Gasteiger partial charge in [-0.3, -0.25) is 0 Å². The van der Waals surface area contributed by atoms with Crippen LogP contribution in [0.15, 0.2) is 0 Å². The van der Waals surface area contributed by atoms with E-state index in [1.807, 2.05) is 0 Å². The third-order valence-electron chi connectivity index (χ3n) is 1.04. The van der Waals surface area contributed by atoms with E-state index < -0.39 is 11.9 Å². The maximum atomic E-state index is 9.10. The fraction of sp³-hybridized carbons (Fsp3) is 0.714. The Balaban J connectivity index is 0. The third kappa shape index (κ3) is 10.9. The number of hydrogen-bond acceptors (Lipinski definition) is 4. The first-order valence-corrected chi connectivity index (χ1v) is 3.45. The Morgan fingerprint density at radius 2 is 1.23 bits per heavy atom. The van der Waals surface area contributed by atoms with Gasteiger partial charge in [-0.05, 0) is 0 Å². The predicted molar refractivity (Wildman–Crippen MR) is 43.2 cm³/mol. The number of aliphatic hydroxyl groups excluding tert-OH is 2. The van der Waals surface area contributed by atoms with E-state index in [0.717, 1.165) is 0 Å². The summed E-state index contributed by atoms with van der Waals surface area (Å²) in [5.74, 6) is -3.65. The van der Waals surface area contributed by atoms with Crippen LogP contribution in [0, 0.1) is 5.41 Å². The fourth-order valence-electron chi connectivity index (χ4n) is 0.0500. The summed E-state index contributed by atoms with van der Waals surface area (Å²) in [6.07, 6.45) is 0. The van der Waals surface area contributed by atoms with Gasteiger partial charge in [0.2, 0.25) is 0 Å². The minimum Gasteiger partial charge on any atom is -0.473 e. The van der Waals surface area contributed by atoms with Gasteiger partial charge in [-0.15, -0.1) is 0 Å². The molecular formula is C7H14O6. The van der Waals surface area contributed by atoms with Crippen molar-refractivity contribution >= 4 is 11.9 Å². The lowest BCUT2D eigenvalue weighted by Crippen LogP contribution is -2.20. The molecule has 0 saturated heterocycles. The van der Waals surface area contributed by atoms with Crippen LogP contribution in [-0.2, 0) is 9.59 Å². The highest BCUT2D eigenvalue weighted by molar-refractivity contribution is 6.27. The van der Waals surface area contributed by atoms with Gasteiger partial charge in [0.05, 0.1) is 13.2 Å². The van der Waals surface area contributed by atoms with E-state index in [0.29, 0.717) is 0 Å². The molecule has 0 aromatic carbocycles. The maximum absolute atomic E-state index is 9.10. The monoisotopic (exact) mass is 194 g/mol. The minimum atomic E-state index is -1.82. The first kappa shape index (κ1) is 14.4. The molecule has 0 bridgehead atoms. The molecule has 0 unspecified atom stereocenters. The van der Waals surface area contributed by atoms with Crippen molar-refractivity contribution < 1.29 is 30.0 Å². The van der Waals surface area contributed by atoms with Crippen LogP contribution < -0.4 is 0 Å². The summed E-state index contributed by atoms with van der Waals surface area (Å²) in [5, 5.41) is 31.7. The topological polar surface area (TPSA) is 115 Å². The van der Waals surface area contributed by atoms with Crippen LogP contribution in [0.2, 0.25) is 0 Å². The maximum Gasteiger partial charge on any atom is 0.414 e. The standard InChI is InChI=1S/C5H12O2.C2H2O4/c1-5(2,3-6)4-7;3-1(4)2(5)6/h6-7H,3-4H2,1-2H3;(H,3,4)(H,5,6). The highest BCUT2D eigenvalue weighted by atomic mass is 16.4. The molecule has 13 heavy (non-hydrogen) atoms. The zero-order chi connectivity index (χ0) is 11.1. The second kappa shape index (κ2) is 6.38. The number of hydrogen-bond donors (Lipinski definition) is 4. The van der Waals surface area contributed by atoms with Crippen molar-refractivity contribution in [2.24, 2.45) is 5.41 Å². The molecule has 0 aliphatic rings. The van der Waals surface area contributed by atoms with E-state index in [-0.39, 0.29) is 18.6 Å². The van der Waals surface area contributed by atoms with E-state index in [1.54, 1.807) is 13.8 Å². The summed E-state index contributed by atoms with van der Waals surface area (Å²) in [6.45, 7) is 3.69. The lowest BCUT2D eigenvalue weighted by molar-refractivity contribution is -0.159. The number of carboxylic acid groups (broad SMARTS) is 2. The number of carbonyl (C=O) groups is 2. The molecule has 0 aromatic heterocycles. The molecule has 0 aliphatic carbocycles. The summed E-state index contributed by atoms with van der Waals surface area (Å²) in [6, 6.07) is 0. The second-order valence-electron chi connectivity index (χ2n) is 3.09. The highest BCUT2D eigenvalue weighted by Gasteiger charge is 2.13. The molecule has 0 amide bonds. The van der Waals surface area contributed by atoms with Crippen LogP contribution in [0.1, 0.15) is 13.8 Å². The third-order valence-corrected chi connectivity index (χ3v) is 1.04. The van der Waals surface area contributed by atoms with Crippen molar-refractivity contribution in [1.82, 2.24) is 0 Å². The molecule has 0 heterocycles. The lowest BCUT2D eigenvalue weighted by Gasteiger charge is -2.16. The fourth-order valence-corrected chi connectivity index (χ4v) is 0.0500. The van der Waals surface area contributed by atoms with Crippen LogP contribution in [0.25, 0.3) is 0 Å². The number of aliphatic carboxylic acids is 2. The molecular weight excluding hydrogens is 180 g/mol. The van der Waals surface area contributed by atoms with Gasteiger partial charge in [0.15, 0.2) is 0 Å². The van der Waals surface area contributed by atoms with Crippen LogP contribution in [0.3, 0.4) is 0 Å². The van der Waals surface area contributed by atoms with Gasteiger partial charge >= 0.3 is 11.9 Å². The van der Waals surface area contributed by atoms with Crippen LogP contribution in [-0.4, -0.2) is 45.6 Å². The molecule has 4 N–H and O–H groups in total. The SMILES string of the molecule is CC(C)(CO)CO.O=C(O)C(=O)O. The van der Waals surface area contributed by atoms with E-state index in [4.69, 9.17) is 30.0 Å². The van der Waals surface area contributed by atoms with Gasteiger partial charge < -0.3 is 20.4 Å². The van der Waals surface area contributed by atoms with Crippen molar-refractivity contribution in [1.29, 1.82) is 0 Å². The van der Waals surface area contributed by atoms with Gasteiger partial charge in [0.25, 0.3) is 0 Å². The Kier molecular flexibility index (Phi) is 7.07. The Labute approximate surface area is 75.4 Å². The second-order valence-corrected chi connectivity index (χ2v) is 3.09. The predicted octanol–water partition coefficient (Wildman–Crippen LogP) is -0.847. The Hall–Kier alpha value is -1.14. The molecule has 6 nitrogen and oxygen atoms in total. The molecule has 0 atom stereocenters. The molecule has 78 valence electrons. The molecule has 0 fully saturated rings.